The molecule has 0 spiro atoms. The molecule has 0 aliphatic heterocycles. The number of benzene rings is 2. The summed E-state index contributed by atoms with van der Waals surface area (Å²) in [7, 11) is 0. The van der Waals surface area contributed by atoms with Crippen molar-refractivity contribution in [3.05, 3.63) is 82.1 Å². The van der Waals surface area contributed by atoms with Crippen molar-refractivity contribution in [2.45, 2.75) is 19.3 Å². The molecule has 6 heteroatoms. The Bertz CT molecular complexity index is 961. The van der Waals surface area contributed by atoms with Gasteiger partial charge in [-0.3, -0.25) is 4.79 Å². The largest absolute Gasteiger partial charge is 0.292 e. The highest BCUT2D eigenvalue weighted by molar-refractivity contribution is 6.30. The molecular formula is C20H17ClN4O. The van der Waals surface area contributed by atoms with Gasteiger partial charge in [0.1, 0.15) is 0 Å². The van der Waals surface area contributed by atoms with Gasteiger partial charge >= 0.3 is 0 Å². The highest BCUT2D eigenvalue weighted by Crippen LogP contribution is 2.27. The number of hydrogen-bond donors (Lipinski definition) is 1. The van der Waals surface area contributed by atoms with Crippen LogP contribution in [0, 0.1) is 0 Å². The second-order valence-electron chi connectivity index (χ2n) is 6.13. The summed E-state index contributed by atoms with van der Waals surface area (Å²) in [6.07, 6.45) is 4.42. The van der Waals surface area contributed by atoms with Crippen molar-refractivity contribution in [1.82, 2.24) is 15.2 Å². The summed E-state index contributed by atoms with van der Waals surface area (Å²) in [5, 5.41) is 9.25. The molecule has 1 heterocycles. The lowest BCUT2D eigenvalue weighted by molar-refractivity contribution is 0.0949. The van der Waals surface area contributed by atoms with Gasteiger partial charge in [-0.1, -0.05) is 41.9 Å². The van der Waals surface area contributed by atoms with E-state index in [4.69, 9.17) is 11.6 Å². The molecule has 26 heavy (non-hydrogen) atoms. The Labute approximate surface area is 156 Å². The number of carbonyl (C=O) groups excluding carboxylic acids is 1. The standard InChI is InChI=1S/C20H17ClN4O/c21-15-11-9-14(10-12-15)13-22-23-20(26)19-17-7-4-8-18(17)25(24-19)16-5-2-1-3-6-16/h1-3,5-6,9-13H,4,7-8H2,(H,23,26)/b22-13+. The average molecular weight is 365 g/mol. The van der Waals surface area contributed by atoms with Crippen LogP contribution < -0.4 is 5.43 Å². The molecule has 0 saturated carbocycles. The molecule has 1 aromatic heterocycles. The zero-order chi connectivity index (χ0) is 17.9. The van der Waals surface area contributed by atoms with E-state index in [0.29, 0.717) is 10.7 Å². The van der Waals surface area contributed by atoms with E-state index in [1.54, 1.807) is 18.3 Å². The van der Waals surface area contributed by atoms with Crippen LogP contribution in [0.5, 0.6) is 0 Å². The minimum absolute atomic E-state index is 0.289. The highest BCUT2D eigenvalue weighted by atomic mass is 35.5. The highest BCUT2D eigenvalue weighted by Gasteiger charge is 2.26. The summed E-state index contributed by atoms with van der Waals surface area (Å²) in [5.74, 6) is -0.289. The summed E-state index contributed by atoms with van der Waals surface area (Å²) < 4.78 is 1.88. The van der Waals surface area contributed by atoms with Gasteiger partial charge in [-0.25, -0.2) is 10.1 Å². The van der Waals surface area contributed by atoms with Crippen molar-refractivity contribution in [3.8, 4) is 5.69 Å². The maximum atomic E-state index is 12.6. The van der Waals surface area contributed by atoms with Gasteiger partial charge in [-0.2, -0.15) is 10.2 Å². The first-order valence-electron chi connectivity index (χ1n) is 8.47. The molecule has 0 fully saturated rings. The number of halogens is 1. The third-order valence-corrected chi connectivity index (χ3v) is 4.65. The Morgan fingerprint density at radius 3 is 2.65 bits per heavy atom. The van der Waals surface area contributed by atoms with Crippen LogP contribution in [0.1, 0.15) is 33.7 Å². The van der Waals surface area contributed by atoms with Crippen LogP contribution in [-0.4, -0.2) is 21.9 Å². The Morgan fingerprint density at radius 2 is 1.88 bits per heavy atom. The van der Waals surface area contributed by atoms with Crippen LogP contribution in [0.25, 0.3) is 5.69 Å². The summed E-state index contributed by atoms with van der Waals surface area (Å²) in [4.78, 5) is 12.6. The predicted molar refractivity (Wildman–Crippen MR) is 102 cm³/mol. The molecule has 0 saturated heterocycles. The number of para-hydroxylation sites is 1. The number of carbonyl (C=O) groups is 1. The molecule has 0 atom stereocenters. The van der Waals surface area contributed by atoms with E-state index >= 15 is 0 Å². The Balaban J connectivity index is 1.56. The summed E-state index contributed by atoms with van der Waals surface area (Å²) >= 11 is 5.86. The lowest BCUT2D eigenvalue weighted by atomic mass is 10.2. The SMILES string of the molecule is O=C(N/N=C/c1ccc(Cl)cc1)c1nn(-c2ccccc2)c2c1CCC2. The maximum Gasteiger partial charge on any atom is 0.292 e. The van der Waals surface area contributed by atoms with Crippen LogP contribution >= 0.6 is 11.6 Å². The molecule has 1 amide bonds. The third kappa shape index (κ3) is 3.26. The van der Waals surface area contributed by atoms with E-state index in [2.05, 4.69) is 15.6 Å². The van der Waals surface area contributed by atoms with Crippen LogP contribution in [0.3, 0.4) is 0 Å². The normalized spacial score (nSPS) is 13.1. The van der Waals surface area contributed by atoms with Crippen LogP contribution in [0.4, 0.5) is 0 Å². The number of aromatic nitrogens is 2. The zero-order valence-electron chi connectivity index (χ0n) is 14.0. The van der Waals surface area contributed by atoms with Gasteiger partial charge in [-0.05, 0) is 49.1 Å². The van der Waals surface area contributed by atoms with Crippen LogP contribution in [0.2, 0.25) is 5.02 Å². The Kier molecular flexibility index (Phi) is 4.54. The first-order valence-corrected chi connectivity index (χ1v) is 8.85. The molecule has 1 N–H and O–H groups in total. The number of fused-ring (bicyclic) bond motifs is 1. The Morgan fingerprint density at radius 1 is 1.12 bits per heavy atom. The third-order valence-electron chi connectivity index (χ3n) is 4.40. The molecule has 130 valence electrons. The summed E-state index contributed by atoms with van der Waals surface area (Å²) in [6.45, 7) is 0. The van der Waals surface area contributed by atoms with Gasteiger partial charge in [0.25, 0.3) is 5.91 Å². The lowest BCUT2D eigenvalue weighted by Crippen LogP contribution is -2.20. The van der Waals surface area contributed by atoms with E-state index in [0.717, 1.165) is 41.8 Å². The molecule has 1 aliphatic rings. The number of amides is 1. The van der Waals surface area contributed by atoms with Gasteiger partial charge in [0, 0.05) is 16.3 Å². The molecule has 5 nitrogen and oxygen atoms in total. The first kappa shape index (κ1) is 16.5. The number of nitrogens with zero attached hydrogens (tertiary/aromatic N) is 3. The van der Waals surface area contributed by atoms with Gasteiger partial charge in [0.15, 0.2) is 5.69 Å². The van der Waals surface area contributed by atoms with Crippen molar-refractivity contribution >= 4 is 23.7 Å². The molecular weight excluding hydrogens is 348 g/mol. The fourth-order valence-corrected chi connectivity index (χ4v) is 3.30. The predicted octanol–water partition coefficient (Wildman–Crippen LogP) is 3.78. The molecule has 1 aliphatic carbocycles. The van der Waals surface area contributed by atoms with Gasteiger partial charge < -0.3 is 0 Å². The van der Waals surface area contributed by atoms with Crippen molar-refractivity contribution in [2.24, 2.45) is 5.10 Å². The molecule has 0 unspecified atom stereocenters. The monoisotopic (exact) mass is 364 g/mol. The van der Waals surface area contributed by atoms with Crippen molar-refractivity contribution < 1.29 is 4.79 Å². The lowest BCUT2D eigenvalue weighted by Gasteiger charge is -2.04. The first-order chi connectivity index (χ1) is 12.7. The number of hydrazone groups is 1. The molecule has 3 aromatic rings. The van der Waals surface area contributed by atoms with Crippen molar-refractivity contribution in [2.75, 3.05) is 0 Å². The fraction of sp³-hybridized carbons (Fsp3) is 0.150. The molecule has 2 aromatic carbocycles. The van der Waals surface area contributed by atoms with E-state index in [-0.39, 0.29) is 5.91 Å². The van der Waals surface area contributed by atoms with Crippen LogP contribution in [-0.2, 0) is 12.8 Å². The van der Waals surface area contributed by atoms with Crippen molar-refractivity contribution in [1.29, 1.82) is 0 Å². The number of hydrogen-bond acceptors (Lipinski definition) is 3. The van der Waals surface area contributed by atoms with E-state index in [1.807, 2.05) is 47.1 Å². The van der Waals surface area contributed by atoms with E-state index < -0.39 is 0 Å². The van der Waals surface area contributed by atoms with Gasteiger partial charge in [0.2, 0.25) is 0 Å². The average Bonchev–Trinajstić information content (AvgIpc) is 3.26. The quantitative estimate of drug-likeness (QED) is 0.565. The maximum absolute atomic E-state index is 12.6. The minimum atomic E-state index is -0.289. The summed E-state index contributed by atoms with van der Waals surface area (Å²) in [5.41, 5.74) is 6.99. The fourth-order valence-electron chi connectivity index (χ4n) is 3.17. The van der Waals surface area contributed by atoms with E-state index in [9.17, 15) is 4.79 Å². The second-order valence-corrected chi connectivity index (χ2v) is 6.56. The van der Waals surface area contributed by atoms with Crippen LogP contribution in [0.15, 0.2) is 59.7 Å². The minimum Gasteiger partial charge on any atom is -0.265 e. The topological polar surface area (TPSA) is 59.3 Å². The van der Waals surface area contributed by atoms with Gasteiger partial charge in [-0.15, -0.1) is 0 Å². The zero-order valence-corrected chi connectivity index (χ0v) is 14.8. The van der Waals surface area contributed by atoms with Crippen molar-refractivity contribution in [3.63, 3.8) is 0 Å². The molecule has 0 bridgehead atoms. The van der Waals surface area contributed by atoms with E-state index in [1.165, 1.54) is 0 Å². The molecule has 0 radical (unpaired) electrons. The second kappa shape index (κ2) is 7.14. The molecule has 4 rings (SSSR count). The smallest absolute Gasteiger partial charge is 0.265 e. The Hall–Kier alpha value is -2.92. The number of rotatable bonds is 4. The summed E-state index contributed by atoms with van der Waals surface area (Å²) in [6, 6.07) is 17.1. The van der Waals surface area contributed by atoms with Gasteiger partial charge in [0.05, 0.1) is 11.9 Å². The number of nitrogens with one attached hydrogen (secondary N) is 1.